The first-order valence-electron chi connectivity index (χ1n) is 7.53. The average molecular weight is 310 g/mol. The summed E-state index contributed by atoms with van der Waals surface area (Å²) < 4.78 is 5.12. The molecule has 0 atom stereocenters. The lowest BCUT2D eigenvalue weighted by molar-refractivity contribution is -0.120. The van der Waals surface area contributed by atoms with Gasteiger partial charge in [-0.1, -0.05) is 23.8 Å². The van der Waals surface area contributed by atoms with Gasteiger partial charge in [-0.3, -0.25) is 4.79 Å². The Morgan fingerprint density at radius 1 is 1.13 bits per heavy atom. The number of aryl methyl sites for hydroxylation is 2. The molecule has 0 aliphatic rings. The summed E-state index contributed by atoms with van der Waals surface area (Å²) in [5.41, 5.74) is 7.65. The molecule has 1 amide bonds. The molecule has 0 fully saturated rings. The van der Waals surface area contributed by atoms with Crippen LogP contribution in [0.2, 0.25) is 0 Å². The Hall–Kier alpha value is -2.62. The Bertz CT molecular complexity index is 719. The SMILES string of the molecule is COc1ccc(/C(C)=N\NC(=O)Cc2ccc(C)cc2C)cc1. The highest BCUT2D eigenvalue weighted by molar-refractivity contribution is 5.99. The molecule has 0 saturated heterocycles. The summed E-state index contributed by atoms with van der Waals surface area (Å²) >= 11 is 0. The van der Waals surface area contributed by atoms with Crippen LogP contribution >= 0.6 is 0 Å². The monoisotopic (exact) mass is 310 g/mol. The van der Waals surface area contributed by atoms with Crippen LogP contribution in [0.1, 0.15) is 29.2 Å². The van der Waals surface area contributed by atoms with Crippen LogP contribution < -0.4 is 10.2 Å². The summed E-state index contributed by atoms with van der Waals surface area (Å²) in [5.74, 6) is 0.672. The normalized spacial score (nSPS) is 11.2. The first-order chi connectivity index (χ1) is 11.0. The summed E-state index contributed by atoms with van der Waals surface area (Å²) in [6.45, 7) is 5.92. The van der Waals surface area contributed by atoms with Gasteiger partial charge in [0.05, 0.1) is 19.2 Å². The van der Waals surface area contributed by atoms with Gasteiger partial charge < -0.3 is 4.74 Å². The molecule has 0 radical (unpaired) electrons. The van der Waals surface area contributed by atoms with E-state index in [1.165, 1.54) is 5.56 Å². The third-order valence-corrected chi connectivity index (χ3v) is 3.71. The molecule has 0 saturated carbocycles. The third-order valence-electron chi connectivity index (χ3n) is 3.71. The lowest BCUT2D eigenvalue weighted by Crippen LogP contribution is -2.21. The van der Waals surface area contributed by atoms with Crippen LogP contribution in [-0.4, -0.2) is 18.7 Å². The van der Waals surface area contributed by atoms with E-state index >= 15 is 0 Å². The maximum absolute atomic E-state index is 12.0. The molecule has 2 rings (SSSR count). The zero-order valence-corrected chi connectivity index (χ0v) is 14.0. The van der Waals surface area contributed by atoms with Crippen molar-refractivity contribution in [3.05, 3.63) is 64.7 Å². The van der Waals surface area contributed by atoms with Crippen LogP contribution in [0.25, 0.3) is 0 Å². The minimum Gasteiger partial charge on any atom is -0.497 e. The van der Waals surface area contributed by atoms with Crippen molar-refractivity contribution in [2.24, 2.45) is 5.10 Å². The second-order valence-electron chi connectivity index (χ2n) is 5.57. The second-order valence-corrected chi connectivity index (χ2v) is 5.57. The van der Waals surface area contributed by atoms with Crippen molar-refractivity contribution < 1.29 is 9.53 Å². The highest BCUT2D eigenvalue weighted by Crippen LogP contribution is 2.12. The fourth-order valence-electron chi connectivity index (χ4n) is 2.30. The first-order valence-corrected chi connectivity index (χ1v) is 7.53. The maximum atomic E-state index is 12.0. The van der Waals surface area contributed by atoms with Crippen LogP contribution in [0, 0.1) is 13.8 Å². The van der Waals surface area contributed by atoms with Crippen molar-refractivity contribution >= 4 is 11.6 Å². The number of nitrogens with one attached hydrogen (secondary N) is 1. The van der Waals surface area contributed by atoms with Crippen LogP contribution in [-0.2, 0) is 11.2 Å². The van der Waals surface area contributed by atoms with Crippen LogP contribution in [0.3, 0.4) is 0 Å². The van der Waals surface area contributed by atoms with E-state index in [4.69, 9.17) is 4.74 Å². The lowest BCUT2D eigenvalue weighted by atomic mass is 10.0. The van der Waals surface area contributed by atoms with E-state index in [0.29, 0.717) is 6.42 Å². The number of carbonyl (C=O) groups is 1. The standard InChI is InChI=1S/C19H22N2O2/c1-13-5-6-17(14(2)11-13)12-19(22)21-20-15(3)16-7-9-18(23-4)10-8-16/h5-11H,12H2,1-4H3,(H,21,22)/b20-15-. The van der Waals surface area contributed by atoms with Crippen molar-refractivity contribution in [3.63, 3.8) is 0 Å². The number of ether oxygens (including phenoxy) is 1. The number of hydrogen-bond donors (Lipinski definition) is 1. The van der Waals surface area contributed by atoms with Gasteiger partial charge in [0.2, 0.25) is 5.91 Å². The van der Waals surface area contributed by atoms with E-state index in [0.717, 1.165) is 28.2 Å². The fourth-order valence-corrected chi connectivity index (χ4v) is 2.30. The van der Waals surface area contributed by atoms with Crippen LogP contribution in [0.4, 0.5) is 0 Å². The highest BCUT2D eigenvalue weighted by Gasteiger charge is 2.06. The quantitative estimate of drug-likeness (QED) is 0.680. The second kappa shape index (κ2) is 7.58. The van der Waals surface area contributed by atoms with Crippen LogP contribution in [0.15, 0.2) is 47.6 Å². The van der Waals surface area contributed by atoms with Gasteiger partial charge in [-0.15, -0.1) is 0 Å². The number of methoxy groups -OCH3 is 1. The van der Waals surface area contributed by atoms with Crippen molar-refractivity contribution in [2.45, 2.75) is 27.2 Å². The number of carbonyl (C=O) groups excluding carboxylic acids is 1. The molecular weight excluding hydrogens is 288 g/mol. The largest absolute Gasteiger partial charge is 0.497 e. The topological polar surface area (TPSA) is 50.7 Å². The molecule has 2 aromatic carbocycles. The molecule has 4 nitrogen and oxygen atoms in total. The average Bonchev–Trinajstić information content (AvgIpc) is 2.55. The van der Waals surface area contributed by atoms with E-state index in [1.54, 1.807) is 7.11 Å². The number of amides is 1. The zero-order chi connectivity index (χ0) is 16.8. The molecule has 0 aliphatic carbocycles. The summed E-state index contributed by atoms with van der Waals surface area (Å²) in [5, 5.41) is 4.17. The van der Waals surface area contributed by atoms with Gasteiger partial charge in [-0.25, -0.2) is 5.43 Å². The minimum absolute atomic E-state index is 0.121. The van der Waals surface area contributed by atoms with Gasteiger partial charge in [0, 0.05) is 0 Å². The number of nitrogens with zero attached hydrogens (tertiary/aromatic N) is 1. The number of rotatable bonds is 5. The molecule has 2 aromatic rings. The molecule has 4 heteroatoms. The number of hydrogen-bond acceptors (Lipinski definition) is 3. The van der Waals surface area contributed by atoms with Crippen molar-refractivity contribution in [3.8, 4) is 5.75 Å². The van der Waals surface area contributed by atoms with Crippen molar-refractivity contribution in [1.29, 1.82) is 0 Å². The first kappa shape index (κ1) is 16.7. The molecule has 0 bridgehead atoms. The molecule has 0 unspecified atom stereocenters. The molecule has 0 heterocycles. The Morgan fingerprint density at radius 3 is 2.43 bits per heavy atom. The molecule has 1 N–H and O–H groups in total. The molecule has 0 aromatic heterocycles. The van der Waals surface area contributed by atoms with Crippen molar-refractivity contribution in [2.75, 3.05) is 7.11 Å². The molecule has 0 spiro atoms. The summed E-state index contributed by atoms with van der Waals surface area (Å²) in [7, 11) is 1.63. The van der Waals surface area contributed by atoms with E-state index < -0.39 is 0 Å². The van der Waals surface area contributed by atoms with Crippen LogP contribution in [0.5, 0.6) is 5.75 Å². The Balaban J connectivity index is 1.99. The smallest absolute Gasteiger partial charge is 0.244 e. The summed E-state index contributed by atoms with van der Waals surface area (Å²) in [6, 6.07) is 13.6. The van der Waals surface area contributed by atoms with Gasteiger partial charge in [-0.2, -0.15) is 5.10 Å². The highest BCUT2D eigenvalue weighted by atomic mass is 16.5. The van der Waals surface area contributed by atoms with Gasteiger partial charge in [-0.05, 0) is 61.7 Å². The molecule has 120 valence electrons. The fraction of sp³-hybridized carbons (Fsp3) is 0.263. The van der Waals surface area contributed by atoms with Gasteiger partial charge in [0.15, 0.2) is 0 Å². The lowest BCUT2D eigenvalue weighted by Gasteiger charge is -2.07. The zero-order valence-electron chi connectivity index (χ0n) is 14.0. The molecule has 23 heavy (non-hydrogen) atoms. The maximum Gasteiger partial charge on any atom is 0.244 e. The summed E-state index contributed by atoms with van der Waals surface area (Å²) in [4.78, 5) is 12.0. The predicted molar refractivity (Wildman–Crippen MR) is 93.0 cm³/mol. The van der Waals surface area contributed by atoms with Gasteiger partial charge >= 0.3 is 0 Å². The molecule has 0 aliphatic heterocycles. The Labute approximate surface area is 137 Å². The predicted octanol–water partition coefficient (Wildman–Crippen LogP) is 3.39. The third kappa shape index (κ3) is 4.68. The van der Waals surface area contributed by atoms with E-state index in [1.807, 2.05) is 57.2 Å². The summed E-state index contributed by atoms with van der Waals surface area (Å²) in [6.07, 6.45) is 0.325. The number of hydrazone groups is 1. The van der Waals surface area contributed by atoms with E-state index in [2.05, 4.69) is 16.6 Å². The van der Waals surface area contributed by atoms with Gasteiger partial charge in [0.1, 0.15) is 5.75 Å². The number of benzene rings is 2. The van der Waals surface area contributed by atoms with Gasteiger partial charge in [0.25, 0.3) is 0 Å². The Kier molecular flexibility index (Phi) is 5.52. The van der Waals surface area contributed by atoms with Crippen molar-refractivity contribution in [1.82, 2.24) is 5.43 Å². The minimum atomic E-state index is -0.121. The van der Waals surface area contributed by atoms with E-state index in [9.17, 15) is 4.79 Å². The Morgan fingerprint density at radius 2 is 1.83 bits per heavy atom. The molecular formula is C19H22N2O2. The van der Waals surface area contributed by atoms with E-state index in [-0.39, 0.29) is 5.91 Å².